The van der Waals surface area contributed by atoms with Crippen molar-refractivity contribution in [2.75, 3.05) is 23.7 Å². The number of nitrogen functional groups attached to an aromatic ring is 1. The van der Waals surface area contributed by atoms with Crippen molar-refractivity contribution in [3.63, 3.8) is 0 Å². The summed E-state index contributed by atoms with van der Waals surface area (Å²) in [6.07, 6.45) is 1.17. The average Bonchev–Trinajstić information content (AvgIpc) is 2.31. The monoisotopic (exact) mass is 242 g/mol. The molecule has 0 atom stereocenters. The minimum Gasteiger partial charge on any atom is -0.507 e. The van der Waals surface area contributed by atoms with Crippen LogP contribution in [-0.2, 0) is 0 Å². The Kier molecular flexibility index (Phi) is 2.51. The molecule has 2 aromatic rings. The maximum Gasteiger partial charge on any atom is 0.169 e. The standard InChI is InChI=1S/C13H14N4O/c14-13-11(17-6-3-7-17)8-10(15-16-13)9-4-1-2-5-12(9)18/h1-2,4-5,8,18H,3,6-7H2,(H2,14,16). The molecular formula is C13H14N4O. The van der Waals surface area contributed by atoms with E-state index in [9.17, 15) is 5.11 Å². The Balaban J connectivity index is 2.05. The summed E-state index contributed by atoms with van der Waals surface area (Å²) < 4.78 is 0. The first-order chi connectivity index (χ1) is 8.75. The smallest absolute Gasteiger partial charge is 0.169 e. The molecule has 1 aliphatic heterocycles. The lowest BCUT2D eigenvalue weighted by molar-refractivity contribution is 0.477. The first-order valence-electron chi connectivity index (χ1n) is 5.92. The first kappa shape index (κ1) is 10.8. The number of para-hydroxylation sites is 1. The second-order valence-corrected chi connectivity index (χ2v) is 4.36. The molecule has 18 heavy (non-hydrogen) atoms. The lowest BCUT2D eigenvalue weighted by Crippen LogP contribution is -2.37. The maximum atomic E-state index is 9.82. The van der Waals surface area contributed by atoms with Gasteiger partial charge in [0.25, 0.3) is 0 Å². The van der Waals surface area contributed by atoms with E-state index in [1.807, 2.05) is 18.2 Å². The fourth-order valence-electron chi connectivity index (χ4n) is 2.02. The van der Waals surface area contributed by atoms with Gasteiger partial charge >= 0.3 is 0 Å². The fourth-order valence-corrected chi connectivity index (χ4v) is 2.02. The molecule has 1 fully saturated rings. The number of aromatic hydroxyl groups is 1. The van der Waals surface area contributed by atoms with Crippen LogP contribution in [0.25, 0.3) is 11.3 Å². The van der Waals surface area contributed by atoms with E-state index in [1.165, 1.54) is 6.42 Å². The summed E-state index contributed by atoms with van der Waals surface area (Å²) in [5.74, 6) is 0.639. The normalized spacial score (nSPS) is 14.3. The van der Waals surface area contributed by atoms with Crippen molar-refractivity contribution in [3.05, 3.63) is 30.3 Å². The van der Waals surface area contributed by atoms with Crippen molar-refractivity contribution in [1.29, 1.82) is 0 Å². The highest BCUT2D eigenvalue weighted by Gasteiger charge is 2.19. The third-order valence-corrected chi connectivity index (χ3v) is 3.18. The number of benzene rings is 1. The van der Waals surface area contributed by atoms with E-state index >= 15 is 0 Å². The molecule has 3 N–H and O–H groups in total. The lowest BCUT2D eigenvalue weighted by atomic mass is 10.1. The van der Waals surface area contributed by atoms with E-state index in [-0.39, 0.29) is 5.75 Å². The van der Waals surface area contributed by atoms with Gasteiger partial charge in [0.2, 0.25) is 0 Å². The molecule has 0 bridgehead atoms. The van der Waals surface area contributed by atoms with Gasteiger partial charge in [0, 0.05) is 18.7 Å². The second-order valence-electron chi connectivity index (χ2n) is 4.36. The molecule has 5 nitrogen and oxygen atoms in total. The van der Waals surface area contributed by atoms with Crippen molar-refractivity contribution >= 4 is 11.5 Å². The largest absolute Gasteiger partial charge is 0.507 e. The predicted molar refractivity (Wildman–Crippen MR) is 70.4 cm³/mol. The van der Waals surface area contributed by atoms with Crippen molar-refractivity contribution in [3.8, 4) is 17.0 Å². The predicted octanol–water partition coefficient (Wildman–Crippen LogP) is 1.64. The van der Waals surface area contributed by atoms with Gasteiger partial charge in [-0.15, -0.1) is 10.2 Å². The van der Waals surface area contributed by atoms with Gasteiger partial charge in [-0.1, -0.05) is 12.1 Å². The molecule has 3 rings (SSSR count). The quantitative estimate of drug-likeness (QED) is 0.837. The van der Waals surface area contributed by atoms with Gasteiger partial charge in [-0.25, -0.2) is 0 Å². The molecule has 0 unspecified atom stereocenters. The van der Waals surface area contributed by atoms with E-state index in [4.69, 9.17) is 5.73 Å². The Morgan fingerprint density at radius 1 is 1.17 bits per heavy atom. The van der Waals surface area contributed by atoms with Crippen molar-refractivity contribution < 1.29 is 5.11 Å². The SMILES string of the molecule is Nc1nnc(-c2ccccc2O)cc1N1CCC1. The Hall–Kier alpha value is -2.30. The number of phenolic OH excluding ortho intramolecular Hbond substituents is 1. The number of nitrogens with zero attached hydrogens (tertiary/aromatic N) is 3. The summed E-state index contributed by atoms with van der Waals surface area (Å²) in [5, 5.41) is 17.8. The molecule has 5 heteroatoms. The fraction of sp³-hybridized carbons (Fsp3) is 0.231. The van der Waals surface area contributed by atoms with Crippen LogP contribution in [0.5, 0.6) is 5.75 Å². The number of hydrogen-bond acceptors (Lipinski definition) is 5. The van der Waals surface area contributed by atoms with E-state index in [0.717, 1.165) is 18.8 Å². The van der Waals surface area contributed by atoms with Crippen LogP contribution >= 0.6 is 0 Å². The van der Waals surface area contributed by atoms with Crippen LogP contribution in [0.3, 0.4) is 0 Å². The van der Waals surface area contributed by atoms with Crippen molar-refractivity contribution in [2.45, 2.75) is 6.42 Å². The molecule has 1 aromatic carbocycles. The van der Waals surface area contributed by atoms with Crippen LogP contribution in [0, 0.1) is 0 Å². The summed E-state index contributed by atoms with van der Waals surface area (Å²) >= 11 is 0. The molecular weight excluding hydrogens is 228 g/mol. The van der Waals surface area contributed by atoms with E-state index in [2.05, 4.69) is 15.1 Å². The van der Waals surface area contributed by atoms with Crippen LogP contribution in [0.1, 0.15) is 6.42 Å². The number of aromatic nitrogens is 2. The minimum atomic E-state index is 0.200. The van der Waals surface area contributed by atoms with Gasteiger partial charge in [0.05, 0.1) is 11.4 Å². The highest BCUT2D eigenvalue weighted by Crippen LogP contribution is 2.32. The Morgan fingerprint density at radius 3 is 2.61 bits per heavy atom. The van der Waals surface area contributed by atoms with E-state index in [0.29, 0.717) is 17.1 Å². The molecule has 0 amide bonds. The Bertz CT molecular complexity index is 581. The van der Waals surface area contributed by atoms with Gasteiger partial charge in [-0.3, -0.25) is 0 Å². The number of phenols is 1. The van der Waals surface area contributed by atoms with Crippen LogP contribution in [0.4, 0.5) is 11.5 Å². The van der Waals surface area contributed by atoms with Crippen LogP contribution in [0.15, 0.2) is 30.3 Å². The molecule has 1 aliphatic rings. The second kappa shape index (κ2) is 4.18. The summed E-state index contributed by atoms with van der Waals surface area (Å²) in [7, 11) is 0. The lowest BCUT2D eigenvalue weighted by Gasteiger charge is -2.33. The van der Waals surface area contributed by atoms with Gasteiger partial charge < -0.3 is 15.7 Å². The number of nitrogens with two attached hydrogens (primary N) is 1. The highest BCUT2D eigenvalue weighted by molar-refractivity contribution is 5.74. The number of rotatable bonds is 2. The zero-order valence-electron chi connectivity index (χ0n) is 9.87. The molecule has 1 aromatic heterocycles. The summed E-state index contributed by atoms with van der Waals surface area (Å²) in [5.41, 5.74) is 8.05. The number of hydrogen-bond donors (Lipinski definition) is 2. The molecule has 2 heterocycles. The molecule has 92 valence electrons. The van der Waals surface area contributed by atoms with Gasteiger partial charge in [-0.05, 0) is 24.6 Å². The van der Waals surface area contributed by atoms with Crippen LogP contribution < -0.4 is 10.6 Å². The Labute approximate surface area is 105 Å². The first-order valence-corrected chi connectivity index (χ1v) is 5.92. The summed E-state index contributed by atoms with van der Waals surface area (Å²) in [4.78, 5) is 2.16. The zero-order chi connectivity index (χ0) is 12.5. The molecule has 0 spiro atoms. The maximum absolute atomic E-state index is 9.82. The topological polar surface area (TPSA) is 75.3 Å². The van der Waals surface area contributed by atoms with Crippen molar-refractivity contribution in [1.82, 2.24) is 10.2 Å². The van der Waals surface area contributed by atoms with Gasteiger partial charge in [-0.2, -0.15) is 0 Å². The van der Waals surface area contributed by atoms with Gasteiger partial charge in [0.15, 0.2) is 5.82 Å². The summed E-state index contributed by atoms with van der Waals surface area (Å²) in [6.45, 7) is 1.99. The molecule has 0 saturated carbocycles. The third-order valence-electron chi connectivity index (χ3n) is 3.18. The van der Waals surface area contributed by atoms with E-state index in [1.54, 1.807) is 12.1 Å². The van der Waals surface area contributed by atoms with Crippen LogP contribution in [-0.4, -0.2) is 28.4 Å². The molecule has 1 saturated heterocycles. The zero-order valence-corrected chi connectivity index (χ0v) is 9.87. The third kappa shape index (κ3) is 1.73. The van der Waals surface area contributed by atoms with Crippen molar-refractivity contribution in [2.24, 2.45) is 0 Å². The van der Waals surface area contributed by atoms with Crippen LogP contribution in [0.2, 0.25) is 0 Å². The highest BCUT2D eigenvalue weighted by atomic mass is 16.3. The Morgan fingerprint density at radius 2 is 1.94 bits per heavy atom. The number of anilines is 2. The van der Waals surface area contributed by atoms with Gasteiger partial charge in [0.1, 0.15) is 5.75 Å². The van der Waals surface area contributed by atoms with E-state index < -0.39 is 0 Å². The average molecular weight is 242 g/mol. The minimum absolute atomic E-state index is 0.200. The molecule has 0 aliphatic carbocycles. The molecule has 0 radical (unpaired) electrons. The summed E-state index contributed by atoms with van der Waals surface area (Å²) in [6, 6.07) is 8.97.